The number of thiazole rings is 1. The van der Waals surface area contributed by atoms with Gasteiger partial charge in [0.05, 0.1) is 22.1 Å². The Hall–Kier alpha value is -1.97. The Morgan fingerprint density at radius 3 is 2.36 bits per heavy atom. The van der Waals surface area contributed by atoms with Crippen molar-refractivity contribution in [3.8, 4) is 0 Å². The van der Waals surface area contributed by atoms with Gasteiger partial charge in [-0.25, -0.2) is 18.2 Å². The number of aromatic nitrogens is 1. The molecule has 0 saturated carbocycles. The topological polar surface area (TPSA) is 82.6 Å². The normalized spacial score (nSPS) is 16.2. The van der Waals surface area contributed by atoms with Crippen molar-refractivity contribution in [1.29, 1.82) is 0 Å². The number of sulfonamides is 1. The van der Waals surface area contributed by atoms with Crippen LogP contribution in [0.3, 0.4) is 0 Å². The van der Waals surface area contributed by atoms with Crippen LogP contribution in [0.25, 0.3) is 0 Å². The molecule has 0 aliphatic carbocycles. The van der Waals surface area contributed by atoms with E-state index >= 15 is 0 Å². The zero-order chi connectivity index (χ0) is 20.4. The molecule has 2 aromatic rings. The Kier molecular flexibility index (Phi) is 6.07. The van der Waals surface area contributed by atoms with Gasteiger partial charge in [-0.15, -0.1) is 11.3 Å². The molecule has 3 rings (SSSR count). The van der Waals surface area contributed by atoms with E-state index in [0.717, 1.165) is 10.7 Å². The summed E-state index contributed by atoms with van der Waals surface area (Å²) in [4.78, 5) is 18.9. The summed E-state index contributed by atoms with van der Waals surface area (Å²) >= 11 is 1.60. The quantitative estimate of drug-likeness (QED) is 0.821. The van der Waals surface area contributed by atoms with E-state index in [1.54, 1.807) is 46.6 Å². The monoisotopic (exact) mass is 422 g/mol. The number of carbonyl (C=O) groups is 1. The molecule has 1 fully saturated rings. The molecule has 0 spiro atoms. The number of hydrogen-bond donors (Lipinski definition) is 1. The molecule has 9 heteroatoms. The van der Waals surface area contributed by atoms with Crippen LogP contribution < -0.4 is 5.32 Å². The molecule has 0 radical (unpaired) electrons. The Balaban J connectivity index is 1.52. The lowest BCUT2D eigenvalue weighted by Crippen LogP contribution is -2.52. The second-order valence-corrected chi connectivity index (χ2v) is 10.6. The maximum atomic E-state index is 12.7. The highest BCUT2D eigenvalue weighted by molar-refractivity contribution is 7.89. The van der Waals surface area contributed by atoms with Crippen LogP contribution in [0, 0.1) is 0 Å². The number of carbonyl (C=O) groups excluding carboxylic acids is 1. The van der Waals surface area contributed by atoms with Crippen LogP contribution in [0.5, 0.6) is 0 Å². The van der Waals surface area contributed by atoms with Gasteiger partial charge in [-0.05, 0) is 12.1 Å². The van der Waals surface area contributed by atoms with Crippen molar-refractivity contribution in [2.45, 2.75) is 37.6 Å². The third-order valence-electron chi connectivity index (χ3n) is 4.52. The van der Waals surface area contributed by atoms with E-state index in [1.165, 1.54) is 4.31 Å². The zero-order valence-electron chi connectivity index (χ0n) is 16.4. The Morgan fingerprint density at radius 2 is 1.79 bits per heavy atom. The van der Waals surface area contributed by atoms with Crippen molar-refractivity contribution in [2.24, 2.45) is 0 Å². The first kappa shape index (κ1) is 20.8. The lowest BCUT2D eigenvalue weighted by atomic mass is 9.98. The summed E-state index contributed by atoms with van der Waals surface area (Å²) < 4.78 is 26.7. The van der Waals surface area contributed by atoms with E-state index in [-0.39, 0.29) is 29.4 Å². The average Bonchev–Trinajstić information content (AvgIpc) is 3.16. The highest BCUT2D eigenvalue weighted by atomic mass is 32.2. The fourth-order valence-electron chi connectivity index (χ4n) is 2.88. The first-order chi connectivity index (χ1) is 13.2. The third-order valence-corrected chi connectivity index (χ3v) is 7.75. The molecule has 28 heavy (non-hydrogen) atoms. The molecule has 2 amide bonds. The van der Waals surface area contributed by atoms with Crippen LogP contribution in [0.2, 0.25) is 0 Å². The fraction of sp³-hybridized carbons (Fsp3) is 0.474. The summed E-state index contributed by atoms with van der Waals surface area (Å²) in [5, 5.41) is 5.88. The summed E-state index contributed by atoms with van der Waals surface area (Å²) in [6.45, 7) is 7.99. The molecule has 1 aliphatic rings. The van der Waals surface area contributed by atoms with Crippen LogP contribution >= 0.6 is 11.3 Å². The summed E-state index contributed by atoms with van der Waals surface area (Å²) in [6, 6.07) is 8.19. The predicted octanol–water partition coefficient (Wildman–Crippen LogP) is 2.66. The smallest absolute Gasteiger partial charge is 0.317 e. The van der Waals surface area contributed by atoms with Gasteiger partial charge in [-0.1, -0.05) is 39.0 Å². The van der Waals surface area contributed by atoms with E-state index in [4.69, 9.17) is 0 Å². The van der Waals surface area contributed by atoms with E-state index < -0.39 is 10.0 Å². The molecule has 1 saturated heterocycles. The van der Waals surface area contributed by atoms with Crippen LogP contribution in [-0.2, 0) is 22.0 Å². The summed E-state index contributed by atoms with van der Waals surface area (Å²) in [7, 11) is -3.51. The first-order valence-corrected chi connectivity index (χ1v) is 11.5. The van der Waals surface area contributed by atoms with Crippen molar-refractivity contribution in [3.05, 3.63) is 46.4 Å². The van der Waals surface area contributed by atoms with Crippen molar-refractivity contribution < 1.29 is 13.2 Å². The van der Waals surface area contributed by atoms with Crippen LogP contribution in [0.15, 0.2) is 40.6 Å². The number of benzene rings is 1. The van der Waals surface area contributed by atoms with Gasteiger partial charge in [0, 0.05) is 37.0 Å². The average molecular weight is 423 g/mol. The predicted molar refractivity (Wildman–Crippen MR) is 110 cm³/mol. The van der Waals surface area contributed by atoms with E-state index in [1.807, 2.05) is 5.38 Å². The van der Waals surface area contributed by atoms with Gasteiger partial charge in [0.25, 0.3) is 0 Å². The van der Waals surface area contributed by atoms with Gasteiger partial charge >= 0.3 is 6.03 Å². The highest BCUT2D eigenvalue weighted by Crippen LogP contribution is 2.25. The summed E-state index contributed by atoms with van der Waals surface area (Å²) in [5.41, 5.74) is 0.835. The van der Waals surface area contributed by atoms with E-state index in [2.05, 4.69) is 31.1 Å². The molecule has 1 aliphatic heterocycles. The molecule has 1 N–H and O–H groups in total. The van der Waals surface area contributed by atoms with Gasteiger partial charge in [-0.2, -0.15) is 4.31 Å². The minimum absolute atomic E-state index is 0.00645. The van der Waals surface area contributed by atoms with Crippen molar-refractivity contribution in [3.63, 3.8) is 0 Å². The maximum absolute atomic E-state index is 12.7. The second kappa shape index (κ2) is 8.18. The molecule has 2 heterocycles. The lowest BCUT2D eigenvalue weighted by Gasteiger charge is -2.33. The molecular formula is C19H26N4O3S2. The second-order valence-electron chi connectivity index (χ2n) is 7.76. The van der Waals surface area contributed by atoms with Gasteiger partial charge in [0.1, 0.15) is 0 Å². The molecule has 152 valence electrons. The molecular weight excluding hydrogens is 396 g/mol. The number of amides is 2. The van der Waals surface area contributed by atoms with Gasteiger partial charge in [0.15, 0.2) is 0 Å². The largest absolute Gasteiger partial charge is 0.332 e. The third kappa shape index (κ3) is 4.71. The fourth-order valence-corrected chi connectivity index (χ4v) is 5.23. The van der Waals surface area contributed by atoms with E-state index in [0.29, 0.717) is 19.6 Å². The van der Waals surface area contributed by atoms with Crippen molar-refractivity contribution in [2.75, 3.05) is 26.2 Å². The number of nitrogens with one attached hydrogen (secondary N) is 1. The summed E-state index contributed by atoms with van der Waals surface area (Å²) in [6.07, 6.45) is 0. The number of nitrogens with zero attached hydrogens (tertiary/aromatic N) is 3. The molecule has 7 nitrogen and oxygen atoms in total. The molecule has 0 unspecified atom stereocenters. The number of urea groups is 1. The Bertz CT molecular complexity index is 912. The van der Waals surface area contributed by atoms with E-state index in [9.17, 15) is 13.2 Å². The van der Waals surface area contributed by atoms with Crippen molar-refractivity contribution >= 4 is 27.4 Å². The Labute approximate surface area is 170 Å². The first-order valence-electron chi connectivity index (χ1n) is 9.21. The maximum Gasteiger partial charge on any atom is 0.317 e. The minimum atomic E-state index is -3.51. The molecule has 1 aromatic carbocycles. The summed E-state index contributed by atoms with van der Waals surface area (Å²) in [5.74, 6) is 0. The lowest BCUT2D eigenvalue weighted by molar-refractivity contribution is 0.172. The molecule has 0 atom stereocenters. The molecule has 1 aromatic heterocycles. The highest BCUT2D eigenvalue weighted by Gasteiger charge is 2.30. The SMILES string of the molecule is CC(C)(C)c1nc(CNC(=O)N2CCN(S(=O)(=O)c3ccccc3)CC2)cs1. The van der Waals surface area contributed by atoms with Crippen LogP contribution in [0.4, 0.5) is 4.79 Å². The Morgan fingerprint density at radius 1 is 1.14 bits per heavy atom. The number of rotatable bonds is 4. The van der Waals surface area contributed by atoms with Gasteiger partial charge < -0.3 is 10.2 Å². The van der Waals surface area contributed by atoms with Crippen molar-refractivity contribution in [1.82, 2.24) is 19.5 Å². The van der Waals surface area contributed by atoms with Crippen LogP contribution in [0.1, 0.15) is 31.5 Å². The van der Waals surface area contributed by atoms with Gasteiger partial charge in [0.2, 0.25) is 10.0 Å². The minimum Gasteiger partial charge on any atom is -0.332 e. The van der Waals surface area contributed by atoms with Gasteiger partial charge in [-0.3, -0.25) is 0 Å². The molecule has 0 bridgehead atoms. The van der Waals surface area contributed by atoms with Crippen LogP contribution in [-0.4, -0.2) is 54.8 Å². The standard InChI is InChI=1S/C19H26N4O3S2/c1-19(2,3)17-21-15(14-27-17)13-20-18(24)22-9-11-23(12-10-22)28(25,26)16-7-5-4-6-8-16/h4-8,14H,9-13H2,1-3H3,(H,20,24). The number of hydrogen-bond acceptors (Lipinski definition) is 5. The number of piperazine rings is 1. The zero-order valence-corrected chi connectivity index (χ0v) is 18.0.